The fourth-order valence-electron chi connectivity index (χ4n) is 3.07. The second kappa shape index (κ2) is 17.8. The van der Waals surface area contributed by atoms with Crippen LogP contribution in [0.3, 0.4) is 0 Å². The van der Waals surface area contributed by atoms with Gasteiger partial charge in [-0.05, 0) is 6.42 Å². The molecule has 0 amide bonds. The van der Waals surface area contributed by atoms with Crippen molar-refractivity contribution >= 4 is 13.5 Å². The van der Waals surface area contributed by atoms with Crippen LogP contribution in [0.4, 0.5) is 0 Å². The molecule has 0 aliphatic carbocycles. The Labute approximate surface area is 152 Å². The summed E-state index contributed by atoms with van der Waals surface area (Å²) in [6.07, 6.45) is 24.4. The smallest absolute Gasteiger partial charge is 0.168 e. The average molecular weight is 338 g/mol. The molecule has 0 aliphatic heterocycles. The number of rotatable bonds is 15. The van der Waals surface area contributed by atoms with Crippen molar-refractivity contribution in [3.05, 3.63) is 30.6 Å². The molecule has 23 heavy (non-hydrogen) atoms. The Kier molecular flexibility index (Phi) is 17.5. The maximum Gasteiger partial charge on any atom is 0.168 e. The van der Waals surface area contributed by atoms with Crippen LogP contribution >= 0.6 is 0 Å². The van der Waals surface area contributed by atoms with Crippen molar-refractivity contribution in [1.82, 2.24) is 0 Å². The van der Waals surface area contributed by atoms with Crippen LogP contribution in [0.2, 0.25) is 0 Å². The van der Waals surface area contributed by atoms with Crippen molar-refractivity contribution in [2.24, 2.45) is 0 Å². The summed E-state index contributed by atoms with van der Waals surface area (Å²) in [7, 11) is 0. The minimum Gasteiger partial charge on any atom is -0.813 e. The van der Waals surface area contributed by atoms with Crippen molar-refractivity contribution in [3.63, 3.8) is 0 Å². The van der Waals surface area contributed by atoms with Crippen molar-refractivity contribution in [2.75, 3.05) is 0 Å². The Hall–Kier alpha value is -0.500. The zero-order chi connectivity index (χ0) is 15.7. The second-order valence-corrected chi connectivity index (χ2v) is 6.71. The van der Waals surface area contributed by atoms with Gasteiger partial charge in [0, 0.05) is 18.6 Å². The van der Waals surface area contributed by atoms with Gasteiger partial charge >= 0.3 is 0 Å². The highest BCUT2D eigenvalue weighted by molar-refractivity contribution is 7.37. The SMILES string of the molecule is CCCCCCCCCCCCCCCC[n+]1ccccc1.[SH-]. The molecule has 1 rings (SSSR count). The summed E-state index contributed by atoms with van der Waals surface area (Å²) in [6, 6.07) is 6.31. The van der Waals surface area contributed by atoms with Crippen molar-refractivity contribution in [1.29, 1.82) is 0 Å². The van der Waals surface area contributed by atoms with Gasteiger partial charge in [0.1, 0.15) is 6.54 Å². The zero-order valence-corrected chi connectivity index (χ0v) is 16.3. The third-order valence-corrected chi connectivity index (χ3v) is 4.55. The van der Waals surface area contributed by atoms with Crippen molar-refractivity contribution < 1.29 is 4.57 Å². The largest absolute Gasteiger partial charge is 0.813 e. The van der Waals surface area contributed by atoms with Gasteiger partial charge in [0.25, 0.3) is 0 Å². The van der Waals surface area contributed by atoms with Gasteiger partial charge in [-0.3, -0.25) is 0 Å². The molecule has 0 radical (unpaired) electrons. The van der Waals surface area contributed by atoms with Gasteiger partial charge in [0.15, 0.2) is 12.4 Å². The van der Waals surface area contributed by atoms with Crippen LogP contribution in [-0.2, 0) is 20.0 Å². The molecule has 1 aromatic heterocycles. The Bertz CT molecular complexity index is 326. The molecule has 0 unspecified atom stereocenters. The van der Waals surface area contributed by atoms with E-state index in [-0.39, 0.29) is 13.5 Å². The number of thiol groups is 1. The monoisotopic (exact) mass is 337 g/mol. The molecule has 0 fully saturated rings. The summed E-state index contributed by atoms with van der Waals surface area (Å²) in [4.78, 5) is 0. The molecular formula is C21H39NS. The second-order valence-electron chi connectivity index (χ2n) is 6.71. The van der Waals surface area contributed by atoms with Crippen LogP contribution in [0, 0.1) is 0 Å². The lowest BCUT2D eigenvalue weighted by atomic mass is 10.0. The number of aryl methyl sites for hydroxylation is 1. The van der Waals surface area contributed by atoms with Crippen molar-refractivity contribution in [3.8, 4) is 0 Å². The van der Waals surface area contributed by atoms with E-state index < -0.39 is 0 Å². The van der Waals surface area contributed by atoms with Gasteiger partial charge in [-0.2, -0.15) is 0 Å². The number of unbranched alkanes of at least 4 members (excludes halogenated alkanes) is 13. The predicted molar refractivity (Wildman–Crippen MR) is 106 cm³/mol. The normalized spacial score (nSPS) is 10.5. The molecule has 1 aromatic rings. The molecule has 0 aromatic carbocycles. The third-order valence-electron chi connectivity index (χ3n) is 4.55. The first-order chi connectivity index (χ1) is 10.9. The fourth-order valence-corrected chi connectivity index (χ4v) is 3.07. The van der Waals surface area contributed by atoms with E-state index in [1.165, 1.54) is 96.4 Å². The third kappa shape index (κ3) is 14.8. The molecule has 2 heteroatoms. The quantitative estimate of drug-likeness (QED) is 0.160. The van der Waals surface area contributed by atoms with E-state index in [1.807, 2.05) is 0 Å². The molecule has 0 spiro atoms. The highest BCUT2D eigenvalue weighted by Gasteiger charge is 1.98. The maximum atomic E-state index is 2.29. The molecule has 0 N–H and O–H groups in total. The van der Waals surface area contributed by atoms with E-state index in [1.54, 1.807) is 0 Å². The average Bonchev–Trinajstić information content (AvgIpc) is 2.56. The number of pyridine rings is 1. The summed E-state index contributed by atoms with van der Waals surface area (Å²) < 4.78 is 2.29. The molecule has 1 heterocycles. The molecule has 0 bridgehead atoms. The summed E-state index contributed by atoms with van der Waals surface area (Å²) in [5, 5.41) is 0. The van der Waals surface area contributed by atoms with E-state index >= 15 is 0 Å². The van der Waals surface area contributed by atoms with E-state index in [4.69, 9.17) is 0 Å². The topological polar surface area (TPSA) is 3.88 Å². The summed E-state index contributed by atoms with van der Waals surface area (Å²) >= 11 is 0. The lowest BCUT2D eigenvalue weighted by molar-refractivity contribution is -0.697. The molecule has 1 nitrogen and oxygen atoms in total. The number of nitrogens with zero attached hydrogens (tertiary/aromatic N) is 1. The summed E-state index contributed by atoms with van der Waals surface area (Å²) in [6.45, 7) is 3.47. The number of hydrogen-bond acceptors (Lipinski definition) is 1. The molecule has 0 saturated carbocycles. The highest BCUT2D eigenvalue weighted by atomic mass is 32.1. The standard InChI is InChI=1S/C21H38N.H2S/c1-2-3-4-5-6-7-8-9-10-11-12-13-14-16-19-22-20-17-15-18-21-22;/h15,17-18,20-21H,2-14,16,19H2,1H3;1H2/q+1;/p-1. The van der Waals surface area contributed by atoms with Gasteiger partial charge < -0.3 is 13.5 Å². The Morgan fingerprint density at radius 3 is 1.35 bits per heavy atom. The first kappa shape index (κ1) is 22.5. The zero-order valence-electron chi connectivity index (χ0n) is 15.4. The van der Waals surface area contributed by atoms with Crippen LogP contribution in [0.5, 0.6) is 0 Å². The predicted octanol–water partition coefficient (Wildman–Crippen LogP) is 6.19. The van der Waals surface area contributed by atoms with Crippen LogP contribution in [0.15, 0.2) is 30.6 Å². The van der Waals surface area contributed by atoms with Gasteiger partial charge in [0.2, 0.25) is 0 Å². The summed E-state index contributed by atoms with van der Waals surface area (Å²) in [5.41, 5.74) is 0. The molecule has 0 atom stereocenters. The van der Waals surface area contributed by atoms with Crippen LogP contribution < -0.4 is 4.57 Å². The van der Waals surface area contributed by atoms with E-state index in [9.17, 15) is 0 Å². The molecular weight excluding hydrogens is 298 g/mol. The van der Waals surface area contributed by atoms with Gasteiger partial charge in [-0.15, -0.1) is 0 Å². The minimum absolute atomic E-state index is 0. The van der Waals surface area contributed by atoms with E-state index in [2.05, 4.69) is 42.1 Å². The molecule has 0 saturated heterocycles. The van der Waals surface area contributed by atoms with Gasteiger partial charge in [-0.1, -0.05) is 90.0 Å². The van der Waals surface area contributed by atoms with Gasteiger partial charge in [0.05, 0.1) is 0 Å². The lowest BCUT2D eigenvalue weighted by Gasteiger charge is -2.02. The van der Waals surface area contributed by atoms with Crippen LogP contribution in [0.25, 0.3) is 0 Å². The first-order valence-electron chi connectivity index (χ1n) is 9.87. The Morgan fingerprint density at radius 1 is 0.522 bits per heavy atom. The van der Waals surface area contributed by atoms with Crippen LogP contribution in [0.1, 0.15) is 96.8 Å². The number of aromatic nitrogens is 1. The summed E-state index contributed by atoms with van der Waals surface area (Å²) in [5.74, 6) is 0. The molecule has 134 valence electrons. The van der Waals surface area contributed by atoms with Crippen molar-refractivity contribution in [2.45, 2.75) is 103 Å². The van der Waals surface area contributed by atoms with Gasteiger partial charge in [-0.25, -0.2) is 4.57 Å². The number of hydrogen-bond donors (Lipinski definition) is 0. The van der Waals surface area contributed by atoms with E-state index in [0.717, 1.165) is 0 Å². The molecule has 0 aliphatic rings. The highest BCUT2D eigenvalue weighted by Crippen LogP contribution is 2.12. The first-order valence-corrected chi connectivity index (χ1v) is 9.87. The van der Waals surface area contributed by atoms with Crippen LogP contribution in [-0.4, -0.2) is 0 Å². The maximum absolute atomic E-state index is 2.29. The van der Waals surface area contributed by atoms with E-state index in [0.29, 0.717) is 0 Å². The Balaban J connectivity index is 0.00000484. The Morgan fingerprint density at radius 2 is 0.913 bits per heavy atom. The lowest BCUT2D eigenvalue weighted by Crippen LogP contribution is -2.32. The fraction of sp³-hybridized carbons (Fsp3) is 0.762. The minimum atomic E-state index is 0.